The number of rotatable bonds is 3. The molecule has 2 aromatic carbocycles. The minimum Gasteiger partial charge on any atom is -0.337 e. The van der Waals surface area contributed by atoms with Gasteiger partial charge in [-0.05, 0) is 42.3 Å². The Hall–Kier alpha value is -1.13. The van der Waals surface area contributed by atoms with Gasteiger partial charge in [0.2, 0.25) is 0 Å². The average Bonchev–Trinajstić information content (AvgIpc) is 2.41. The second-order valence-corrected chi connectivity index (χ2v) is 6.47. The molecule has 0 bridgehead atoms. The molecule has 0 fully saturated rings. The van der Waals surface area contributed by atoms with Crippen LogP contribution in [0.3, 0.4) is 0 Å². The number of amides is 1. The smallest absolute Gasteiger partial charge is 0.254 e. The van der Waals surface area contributed by atoms with Crippen LogP contribution in [0.4, 0.5) is 0 Å². The molecule has 4 heteroatoms. The van der Waals surface area contributed by atoms with E-state index in [2.05, 4.69) is 31.9 Å². The predicted molar refractivity (Wildman–Crippen MR) is 88.8 cm³/mol. The zero-order valence-corrected chi connectivity index (χ0v) is 14.5. The molecular formula is C16H15Br2NO. The van der Waals surface area contributed by atoms with Gasteiger partial charge in [-0.2, -0.15) is 0 Å². The van der Waals surface area contributed by atoms with Gasteiger partial charge < -0.3 is 4.90 Å². The van der Waals surface area contributed by atoms with E-state index in [1.807, 2.05) is 56.4 Å². The van der Waals surface area contributed by atoms with Crippen LogP contribution in [-0.2, 0) is 6.54 Å². The summed E-state index contributed by atoms with van der Waals surface area (Å²) in [6, 6.07) is 13.7. The fourth-order valence-corrected chi connectivity index (χ4v) is 2.84. The molecule has 0 spiro atoms. The van der Waals surface area contributed by atoms with Crippen molar-refractivity contribution in [1.82, 2.24) is 4.90 Å². The molecule has 0 unspecified atom stereocenters. The number of halogens is 2. The van der Waals surface area contributed by atoms with Crippen molar-refractivity contribution >= 4 is 37.8 Å². The quantitative estimate of drug-likeness (QED) is 0.730. The number of nitrogens with zero attached hydrogens (tertiary/aromatic N) is 1. The molecule has 2 rings (SSSR count). The Morgan fingerprint density at radius 1 is 1.15 bits per heavy atom. The van der Waals surface area contributed by atoms with Gasteiger partial charge in [0.05, 0.1) is 0 Å². The average molecular weight is 397 g/mol. The summed E-state index contributed by atoms with van der Waals surface area (Å²) in [4.78, 5) is 14.2. The Morgan fingerprint density at radius 2 is 1.85 bits per heavy atom. The lowest BCUT2D eigenvalue weighted by molar-refractivity contribution is 0.0784. The molecule has 0 aliphatic carbocycles. The highest BCUT2D eigenvalue weighted by molar-refractivity contribution is 9.10. The molecule has 104 valence electrons. The van der Waals surface area contributed by atoms with E-state index in [9.17, 15) is 4.79 Å². The summed E-state index contributed by atoms with van der Waals surface area (Å²) in [7, 11) is 1.82. The van der Waals surface area contributed by atoms with Crippen LogP contribution in [0, 0.1) is 6.92 Å². The van der Waals surface area contributed by atoms with E-state index in [1.165, 1.54) is 0 Å². The Labute approximate surface area is 136 Å². The first-order valence-electron chi connectivity index (χ1n) is 6.24. The standard InChI is InChI=1S/C16H15Br2NO/c1-11-14(7-4-8-15(11)18)16(20)19(2)10-12-5-3-6-13(17)9-12/h3-9H,10H2,1-2H3. The summed E-state index contributed by atoms with van der Waals surface area (Å²) in [5.74, 6) is 0.0313. The van der Waals surface area contributed by atoms with Gasteiger partial charge in [-0.3, -0.25) is 4.79 Å². The van der Waals surface area contributed by atoms with Gasteiger partial charge in [0.1, 0.15) is 0 Å². The second kappa shape index (κ2) is 6.55. The SMILES string of the molecule is Cc1c(Br)cccc1C(=O)N(C)Cc1cccc(Br)c1. The van der Waals surface area contributed by atoms with E-state index in [0.29, 0.717) is 6.54 Å². The van der Waals surface area contributed by atoms with Crippen molar-refractivity contribution in [3.63, 3.8) is 0 Å². The molecule has 0 saturated heterocycles. The van der Waals surface area contributed by atoms with E-state index < -0.39 is 0 Å². The Morgan fingerprint density at radius 3 is 2.55 bits per heavy atom. The van der Waals surface area contributed by atoms with Crippen LogP contribution in [0.15, 0.2) is 51.4 Å². The molecule has 0 N–H and O–H groups in total. The van der Waals surface area contributed by atoms with Crippen LogP contribution >= 0.6 is 31.9 Å². The molecule has 0 aliphatic heterocycles. The van der Waals surface area contributed by atoms with Gasteiger partial charge >= 0.3 is 0 Å². The second-order valence-electron chi connectivity index (χ2n) is 4.70. The summed E-state index contributed by atoms with van der Waals surface area (Å²) < 4.78 is 1.98. The third kappa shape index (κ3) is 3.49. The summed E-state index contributed by atoms with van der Waals surface area (Å²) in [6.07, 6.45) is 0. The third-order valence-electron chi connectivity index (χ3n) is 3.15. The van der Waals surface area contributed by atoms with Crippen molar-refractivity contribution in [2.45, 2.75) is 13.5 Å². The van der Waals surface area contributed by atoms with Crippen LogP contribution in [-0.4, -0.2) is 17.9 Å². The van der Waals surface area contributed by atoms with Gasteiger partial charge in [0.25, 0.3) is 5.91 Å². The van der Waals surface area contributed by atoms with Gasteiger partial charge in [0.15, 0.2) is 0 Å². The minimum atomic E-state index is 0.0313. The zero-order chi connectivity index (χ0) is 14.7. The van der Waals surface area contributed by atoms with Crippen LogP contribution < -0.4 is 0 Å². The zero-order valence-electron chi connectivity index (χ0n) is 11.4. The molecule has 0 aliphatic rings. The monoisotopic (exact) mass is 395 g/mol. The first kappa shape index (κ1) is 15.3. The molecule has 0 saturated carbocycles. The molecule has 20 heavy (non-hydrogen) atoms. The maximum absolute atomic E-state index is 12.5. The highest BCUT2D eigenvalue weighted by Crippen LogP contribution is 2.21. The van der Waals surface area contributed by atoms with Crippen LogP contribution in [0.1, 0.15) is 21.5 Å². The first-order valence-corrected chi connectivity index (χ1v) is 7.82. The molecule has 0 aromatic heterocycles. The predicted octanol–water partition coefficient (Wildman–Crippen LogP) is 4.79. The van der Waals surface area contributed by atoms with Crippen LogP contribution in [0.5, 0.6) is 0 Å². The highest BCUT2D eigenvalue weighted by Gasteiger charge is 2.15. The van der Waals surface area contributed by atoms with Crippen molar-refractivity contribution < 1.29 is 4.79 Å². The van der Waals surface area contributed by atoms with E-state index in [4.69, 9.17) is 0 Å². The number of carbonyl (C=O) groups is 1. The lowest BCUT2D eigenvalue weighted by Crippen LogP contribution is -2.26. The molecule has 2 nitrogen and oxygen atoms in total. The first-order chi connectivity index (χ1) is 9.49. The largest absolute Gasteiger partial charge is 0.337 e. The van der Waals surface area contributed by atoms with Gasteiger partial charge in [-0.25, -0.2) is 0 Å². The van der Waals surface area contributed by atoms with Crippen molar-refractivity contribution in [2.75, 3.05) is 7.05 Å². The van der Waals surface area contributed by atoms with Gasteiger partial charge in [-0.15, -0.1) is 0 Å². The third-order valence-corrected chi connectivity index (χ3v) is 4.51. The molecule has 0 radical (unpaired) electrons. The van der Waals surface area contributed by atoms with Crippen LogP contribution in [0.25, 0.3) is 0 Å². The van der Waals surface area contributed by atoms with Crippen molar-refractivity contribution in [2.24, 2.45) is 0 Å². The number of hydrogen-bond donors (Lipinski definition) is 0. The fourth-order valence-electron chi connectivity index (χ4n) is 2.03. The van der Waals surface area contributed by atoms with E-state index in [1.54, 1.807) is 4.90 Å². The normalized spacial score (nSPS) is 10.4. The van der Waals surface area contributed by atoms with E-state index in [0.717, 1.165) is 25.6 Å². The molecular weight excluding hydrogens is 382 g/mol. The lowest BCUT2D eigenvalue weighted by atomic mass is 10.1. The maximum atomic E-state index is 12.5. The topological polar surface area (TPSA) is 20.3 Å². The highest BCUT2D eigenvalue weighted by atomic mass is 79.9. The fraction of sp³-hybridized carbons (Fsp3) is 0.188. The van der Waals surface area contributed by atoms with E-state index in [-0.39, 0.29) is 5.91 Å². The van der Waals surface area contributed by atoms with Crippen molar-refractivity contribution in [3.05, 3.63) is 68.1 Å². The molecule has 1 amide bonds. The summed E-state index contributed by atoms with van der Waals surface area (Å²) >= 11 is 6.91. The Kier molecular flexibility index (Phi) is 5.00. The van der Waals surface area contributed by atoms with E-state index >= 15 is 0 Å². The Bertz CT molecular complexity index is 640. The van der Waals surface area contributed by atoms with Crippen molar-refractivity contribution in [3.8, 4) is 0 Å². The van der Waals surface area contributed by atoms with Gasteiger partial charge in [0, 0.05) is 28.1 Å². The maximum Gasteiger partial charge on any atom is 0.254 e. The number of hydrogen-bond acceptors (Lipinski definition) is 1. The summed E-state index contributed by atoms with van der Waals surface area (Å²) in [5, 5.41) is 0. The van der Waals surface area contributed by atoms with Crippen molar-refractivity contribution in [1.29, 1.82) is 0 Å². The minimum absolute atomic E-state index is 0.0313. The lowest BCUT2D eigenvalue weighted by Gasteiger charge is -2.19. The molecule has 2 aromatic rings. The van der Waals surface area contributed by atoms with Crippen LogP contribution in [0.2, 0.25) is 0 Å². The summed E-state index contributed by atoms with van der Waals surface area (Å²) in [5.41, 5.74) is 2.80. The molecule has 0 heterocycles. The number of benzene rings is 2. The summed E-state index contributed by atoms with van der Waals surface area (Å²) in [6.45, 7) is 2.54. The number of carbonyl (C=O) groups excluding carboxylic acids is 1. The molecule has 0 atom stereocenters. The Balaban J connectivity index is 2.19. The van der Waals surface area contributed by atoms with Gasteiger partial charge in [-0.1, -0.05) is 50.1 Å².